The summed E-state index contributed by atoms with van der Waals surface area (Å²) in [6.45, 7) is 4.08. The van der Waals surface area contributed by atoms with Crippen molar-refractivity contribution in [2.24, 2.45) is 0 Å². The summed E-state index contributed by atoms with van der Waals surface area (Å²) in [5.41, 5.74) is 2.30. The predicted octanol–water partition coefficient (Wildman–Crippen LogP) is 4.41. The van der Waals surface area contributed by atoms with E-state index in [0.29, 0.717) is 13.1 Å². The van der Waals surface area contributed by atoms with E-state index in [0.717, 1.165) is 27.9 Å². The van der Waals surface area contributed by atoms with Crippen LogP contribution in [-0.2, 0) is 13.0 Å². The van der Waals surface area contributed by atoms with Gasteiger partial charge in [0.2, 0.25) is 0 Å². The van der Waals surface area contributed by atoms with Crippen LogP contribution in [0, 0.1) is 0 Å². The molecule has 2 amide bonds. The molecule has 3 rings (SSSR count). The molecule has 0 N–H and O–H groups in total. The number of hydrogen-bond acceptors (Lipinski definition) is 2. The lowest BCUT2D eigenvalue weighted by Crippen LogP contribution is -2.41. The van der Waals surface area contributed by atoms with Crippen molar-refractivity contribution in [1.29, 1.82) is 0 Å². The zero-order valence-electron chi connectivity index (χ0n) is 11.9. The van der Waals surface area contributed by atoms with Gasteiger partial charge in [-0.15, -0.1) is 11.3 Å². The normalized spacial score (nSPS) is 13.3. The Morgan fingerprint density at radius 2 is 2.14 bits per heavy atom. The molecule has 0 spiro atoms. The van der Waals surface area contributed by atoms with Crippen molar-refractivity contribution in [2.45, 2.75) is 19.9 Å². The molecule has 0 saturated heterocycles. The lowest BCUT2D eigenvalue weighted by atomic mass is 10.2. The van der Waals surface area contributed by atoms with E-state index in [1.54, 1.807) is 0 Å². The van der Waals surface area contributed by atoms with Gasteiger partial charge in [-0.05, 0) is 37.1 Å². The van der Waals surface area contributed by atoms with Gasteiger partial charge in [-0.1, -0.05) is 29.8 Å². The zero-order chi connectivity index (χ0) is 14.8. The topological polar surface area (TPSA) is 23.6 Å². The lowest BCUT2D eigenvalue weighted by Gasteiger charge is -2.27. The average Bonchev–Trinajstić information content (AvgIpc) is 3.10. The summed E-state index contributed by atoms with van der Waals surface area (Å²) in [4.78, 5) is 17.6. The van der Waals surface area contributed by atoms with Gasteiger partial charge in [0.15, 0.2) is 0 Å². The summed E-state index contributed by atoms with van der Waals surface area (Å²) in [5, 5.41) is 0. The average molecular weight is 321 g/mol. The number of urea groups is 1. The van der Waals surface area contributed by atoms with E-state index < -0.39 is 0 Å². The number of carbonyl (C=O) groups excluding carboxylic acids is 1. The van der Waals surface area contributed by atoms with E-state index in [2.05, 4.69) is 6.07 Å². The van der Waals surface area contributed by atoms with Gasteiger partial charge < -0.3 is 4.90 Å². The van der Waals surface area contributed by atoms with Crippen LogP contribution in [-0.4, -0.2) is 24.0 Å². The van der Waals surface area contributed by atoms with Gasteiger partial charge in [-0.25, -0.2) is 4.79 Å². The monoisotopic (exact) mass is 320 g/mol. The Balaban J connectivity index is 1.77. The van der Waals surface area contributed by atoms with Crippen LogP contribution in [0.3, 0.4) is 0 Å². The van der Waals surface area contributed by atoms with Crippen LogP contribution >= 0.6 is 22.9 Å². The zero-order valence-corrected chi connectivity index (χ0v) is 13.5. The summed E-state index contributed by atoms with van der Waals surface area (Å²) in [6, 6.07) is 12.1. The molecule has 0 bridgehead atoms. The molecule has 2 heterocycles. The van der Waals surface area contributed by atoms with Crippen LogP contribution in [0.5, 0.6) is 0 Å². The van der Waals surface area contributed by atoms with E-state index in [1.165, 1.54) is 16.9 Å². The molecule has 21 heavy (non-hydrogen) atoms. The fraction of sp³-hybridized carbons (Fsp3) is 0.312. The third-order valence-electron chi connectivity index (χ3n) is 3.75. The maximum absolute atomic E-state index is 12.8. The predicted molar refractivity (Wildman–Crippen MR) is 88.3 cm³/mol. The van der Waals surface area contributed by atoms with Gasteiger partial charge in [0.05, 0.1) is 10.9 Å². The highest BCUT2D eigenvalue weighted by molar-refractivity contribution is 7.16. The van der Waals surface area contributed by atoms with Gasteiger partial charge in [-0.3, -0.25) is 4.90 Å². The van der Waals surface area contributed by atoms with Crippen molar-refractivity contribution in [3.63, 3.8) is 0 Å². The standard InChI is InChI=1S/C16H17ClN2OS/c1-2-18(11-13-7-8-15(17)21-13)16(20)19-10-9-12-5-3-4-6-14(12)19/h3-8H,2,9-11H2,1H3. The van der Waals surface area contributed by atoms with Crippen LogP contribution < -0.4 is 4.90 Å². The van der Waals surface area contributed by atoms with Crippen molar-refractivity contribution in [3.8, 4) is 0 Å². The molecule has 5 heteroatoms. The summed E-state index contributed by atoms with van der Waals surface area (Å²) >= 11 is 7.50. The summed E-state index contributed by atoms with van der Waals surface area (Å²) in [6.07, 6.45) is 0.935. The second-order valence-electron chi connectivity index (χ2n) is 5.03. The van der Waals surface area contributed by atoms with E-state index in [4.69, 9.17) is 11.6 Å². The first-order chi connectivity index (χ1) is 10.2. The largest absolute Gasteiger partial charge is 0.324 e. The number of halogens is 1. The molecular weight excluding hydrogens is 304 g/mol. The first kappa shape index (κ1) is 14.4. The van der Waals surface area contributed by atoms with Crippen LogP contribution in [0.2, 0.25) is 4.34 Å². The number of anilines is 1. The van der Waals surface area contributed by atoms with Gasteiger partial charge >= 0.3 is 6.03 Å². The summed E-state index contributed by atoms with van der Waals surface area (Å²) < 4.78 is 0.764. The van der Waals surface area contributed by atoms with Gasteiger partial charge in [0.25, 0.3) is 0 Å². The van der Waals surface area contributed by atoms with Crippen LogP contribution in [0.4, 0.5) is 10.5 Å². The van der Waals surface area contributed by atoms with Crippen molar-refractivity contribution in [3.05, 3.63) is 51.2 Å². The molecule has 1 aliphatic rings. The number of rotatable bonds is 3. The Bertz CT molecular complexity index is 655. The Morgan fingerprint density at radius 3 is 2.86 bits per heavy atom. The van der Waals surface area contributed by atoms with Crippen molar-refractivity contribution in [2.75, 3.05) is 18.0 Å². The lowest BCUT2D eigenvalue weighted by molar-refractivity contribution is 0.206. The molecule has 3 nitrogen and oxygen atoms in total. The highest BCUT2D eigenvalue weighted by Crippen LogP contribution is 2.29. The smallest absolute Gasteiger partial charge is 0.319 e. The molecule has 1 aromatic heterocycles. The number of fused-ring (bicyclic) bond motifs is 1. The molecule has 0 unspecified atom stereocenters. The summed E-state index contributed by atoms with van der Waals surface area (Å²) in [5.74, 6) is 0. The van der Waals surface area contributed by atoms with Gasteiger partial charge in [0.1, 0.15) is 0 Å². The highest BCUT2D eigenvalue weighted by atomic mass is 35.5. The molecular formula is C16H17ClN2OS. The number of amides is 2. The molecule has 0 atom stereocenters. The third-order valence-corrected chi connectivity index (χ3v) is 4.96. The quantitative estimate of drug-likeness (QED) is 0.822. The first-order valence-corrected chi connectivity index (χ1v) is 8.27. The number of nitrogens with zero attached hydrogens (tertiary/aromatic N) is 2. The minimum Gasteiger partial charge on any atom is -0.319 e. The maximum atomic E-state index is 12.8. The third kappa shape index (κ3) is 2.92. The van der Waals surface area contributed by atoms with Gasteiger partial charge in [-0.2, -0.15) is 0 Å². The van der Waals surface area contributed by atoms with Crippen molar-refractivity contribution >= 4 is 34.7 Å². The van der Waals surface area contributed by atoms with Crippen LogP contribution in [0.25, 0.3) is 0 Å². The maximum Gasteiger partial charge on any atom is 0.324 e. The van der Waals surface area contributed by atoms with Gasteiger partial charge in [0, 0.05) is 23.7 Å². The summed E-state index contributed by atoms with van der Waals surface area (Å²) in [7, 11) is 0. The fourth-order valence-corrected chi connectivity index (χ4v) is 3.75. The minimum atomic E-state index is 0.0759. The van der Waals surface area contributed by atoms with Crippen LogP contribution in [0.1, 0.15) is 17.4 Å². The highest BCUT2D eigenvalue weighted by Gasteiger charge is 2.27. The molecule has 110 valence electrons. The van der Waals surface area contributed by atoms with E-state index in [9.17, 15) is 4.79 Å². The Labute approximate surface area is 133 Å². The number of benzene rings is 1. The molecule has 0 saturated carbocycles. The Morgan fingerprint density at radius 1 is 1.33 bits per heavy atom. The number of thiophene rings is 1. The second-order valence-corrected chi connectivity index (χ2v) is 6.83. The first-order valence-electron chi connectivity index (χ1n) is 7.07. The molecule has 1 aromatic carbocycles. The Hall–Kier alpha value is -1.52. The molecule has 1 aliphatic heterocycles. The van der Waals surface area contributed by atoms with E-state index in [1.807, 2.05) is 47.1 Å². The van der Waals surface area contributed by atoms with Crippen LogP contribution in [0.15, 0.2) is 36.4 Å². The van der Waals surface area contributed by atoms with E-state index in [-0.39, 0.29) is 6.03 Å². The SMILES string of the molecule is CCN(Cc1ccc(Cl)s1)C(=O)N1CCc2ccccc21. The number of para-hydroxylation sites is 1. The Kier molecular flexibility index (Phi) is 4.17. The second kappa shape index (κ2) is 6.08. The number of hydrogen-bond donors (Lipinski definition) is 0. The van der Waals surface area contributed by atoms with Crippen molar-refractivity contribution < 1.29 is 4.79 Å². The van der Waals surface area contributed by atoms with Crippen molar-refractivity contribution in [1.82, 2.24) is 4.90 Å². The molecule has 0 fully saturated rings. The molecule has 2 aromatic rings. The minimum absolute atomic E-state index is 0.0759. The fourth-order valence-electron chi connectivity index (χ4n) is 2.65. The number of carbonyl (C=O) groups is 1. The molecule has 0 aliphatic carbocycles. The van der Waals surface area contributed by atoms with E-state index >= 15 is 0 Å². The molecule has 0 radical (unpaired) electrons.